The third-order valence-electron chi connectivity index (χ3n) is 2.77. The number of halogens is 1. The summed E-state index contributed by atoms with van der Waals surface area (Å²) in [7, 11) is 0. The van der Waals surface area contributed by atoms with Gasteiger partial charge >= 0.3 is 6.01 Å². The molecule has 19 heavy (non-hydrogen) atoms. The lowest BCUT2D eigenvalue weighted by atomic mass is 10.0. The van der Waals surface area contributed by atoms with Gasteiger partial charge in [0.15, 0.2) is 5.82 Å². The van der Waals surface area contributed by atoms with E-state index in [0.29, 0.717) is 5.82 Å². The zero-order valence-electron chi connectivity index (χ0n) is 11.4. The maximum absolute atomic E-state index is 5.93. The van der Waals surface area contributed by atoms with Crippen molar-refractivity contribution in [1.82, 2.24) is 15.0 Å². The summed E-state index contributed by atoms with van der Waals surface area (Å²) in [6.07, 6.45) is -0.00933. The molecule has 100 valence electrons. The van der Waals surface area contributed by atoms with Crippen molar-refractivity contribution in [2.75, 3.05) is 0 Å². The van der Waals surface area contributed by atoms with Crippen molar-refractivity contribution in [3.63, 3.8) is 0 Å². The topological polar surface area (TPSA) is 47.9 Å². The van der Waals surface area contributed by atoms with E-state index in [9.17, 15) is 0 Å². The Kier molecular flexibility index (Phi) is 4.00. The molecule has 0 radical (unpaired) electrons. The van der Waals surface area contributed by atoms with E-state index >= 15 is 0 Å². The molecule has 0 bridgehead atoms. The number of rotatable bonds is 3. The number of aryl methyl sites for hydroxylation is 1. The average molecular weight is 278 g/mol. The predicted octanol–water partition coefficient (Wildman–Crippen LogP) is 3.60. The van der Waals surface area contributed by atoms with Gasteiger partial charge in [-0.15, -0.1) is 0 Å². The van der Waals surface area contributed by atoms with E-state index in [0.717, 1.165) is 11.1 Å². The van der Waals surface area contributed by atoms with Gasteiger partial charge in [-0.1, -0.05) is 18.2 Å². The van der Waals surface area contributed by atoms with Gasteiger partial charge in [-0.2, -0.15) is 15.0 Å². The Morgan fingerprint density at radius 3 is 2.53 bits per heavy atom. The molecule has 0 saturated heterocycles. The molecule has 0 aliphatic heterocycles. The first-order chi connectivity index (χ1) is 8.97. The first-order valence-corrected chi connectivity index (χ1v) is 6.50. The minimum Gasteiger partial charge on any atom is -0.461 e. The highest BCUT2D eigenvalue weighted by molar-refractivity contribution is 6.28. The van der Waals surface area contributed by atoms with Gasteiger partial charge < -0.3 is 4.74 Å². The lowest BCUT2D eigenvalue weighted by molar-refractivity contribution is 0.222. The molecule has 0 amide bonds. The predicted molar refractivity (Wildman–Crippen MR) is 75.5 cm³/mol. The average Bonchev–Trinajstić information content (AvgIpc) is 2.31. The first-order valence-electron chi connectivity index (χ1n) is 6.12. The third-order valence-corrected chi connectivity index (χ3v) is 2.94. The molecule has 0 atom stereocenters. The van der Waals surface area contributed by atoms with Gasteiger partial charge in [0.25, 0.3) is 0 Å². The normalized spacial score (nSPS) is 10.8. The number of nitrogens with zero attached hydrogens (tertiary/aromatic N) is 3. The Labute approximate surface area is 117 Å². The molecule has 0 unspecified atom stereocenters. The van der Waals surface area contributed by atoms with Crippen LogP contribution >= 0.6 is 11.6 Å². The molecule has 0 spiro atoms. The zero-order valence-corrected chi connectivity index (χ0v) is 12.2. The maximum Gasteiger partial charge on any atom is 0.321 e. The van der Waals surface area contributed by atoms with Crippen LogP contribution < -0.4 is 4.74 Å². The minimum absolute atomic E-state index is 0.00933. The summed E-state index contributed by atoms with van der Waals surface area (Å²) in [5, 5.41) is 0.140. The second-order valence-electron chi connectivity index (χ2n) is 4.62. The fourth-order valence-corrected chi connectivity index (χ4v) is 1.86. The van der Waals surface area contributed by atoms with Gasteiger partial charge in [-0.3, -0.25) is 0 Å². The smallest absolute Gasteiger partial charge is 0.321 e. The molecular weight excluding hydrogens is 262 g/mol. The minimum atomic E-state index is -0.00933. The van der Waals surface area contributed by atoms with Crippen molar-refractivity contribution in [3.05, 3.63) is 34.6 Å². The van der Waals surface area contributed by atoms with Crippen LogP contribution in [0.3, 0.4) is 0 Å². The largest absolute Gasteiger partial charge is 0.461 e. The van der Waals surface area contributed by atoms with E-state index in [-0.39, 0.29) is 17.4 Å². The third kappa shape index (κ3) is 3.20. The van der Waals surface area contributed by atoms with Crippen molar-refractivity contribution in [2.45, 2.75) is 33.8 Å². The summed E-state index contributed by atoms with van der Waals surface area (Å²) in [4.78, 5) is 12.5. The molecule has 0 aliphatic carbocycles. The van der Waals surface area contributed by atoms with Crippen LogP contribution in [0.5, 0.6) is 6.01 Å². The number of benzene rings is 1. The highest BCUT2D eigenvalue weighted by Gasteiger charge is 2.12. The molecule has 0 fully saturated rings. The Hall–Kier alpha value is -1.68. The van der Waals surface area contributed by atoms with Gasteiger partial charge in [0, 0.05) is 5.56 Å². The molecule has 1 heterocycles. The summed E-state index contributed by atoms with van der Waals surface area (Å²) in [5.74, 6) is 0.539. The molecule has 4 nitrogen and oxygen atoms in total. The monoisotopic (exact) mass is 277 g/mol. The van der Waals surface area contributed by atoms with E-state index < -0.39 is 0 Å². The quantitative estimate of drug-likeness (QED) is 0.860. The van der Waals surface area contributed by atoms with Gasteiger partial charge in [-0.05, 0) is 50.4 Å². The molecule has 0 N–H and O–H groups in total. The van der Waals surface area contributed by atoms with Crippen molar-refractivity contribution in [1.29, 1.82) is 0 Å². The van der Waals surface area contributed by atoms with E-state index in [1.54, 1.807) is 0 Å². The highest BCUT2D eigenvalue weighted by atomic mass is 35.5. The van der Waals surface area contributed by atoms with Crippen LogP contribution in [0.25, 0.3) is 11.4 Å². The van der Waals surface area contributed by atoms with Crippen molar-refractivity contribution in [2.24, 2.45) is 0 Å². The van der Waals surface area contributed by atoms with Crippen LogP contribution in [0.1, 0.15) is 25.0 Å². The summed E-state index contributed by atoms with van der Waals surface area (Å²) in [6, 6.07) is 6.24. The summed E-state index contributed by atoms with van der Waals surface area (Å²) >= 11 is 5.93. The number of hydrogen-bond donors (Lipinski definition) is 0. The SMILES string of the molecule is Cc1cccc(-c2nc(Cl)nc(OC(C)C)n2)c1C. The summed E-state index contributed by atoms with van der Waals surface area (Å²) < 4.78 is 5.48. The van der Waals surface area contributed by atoms with E-state index in [2.05, 4.69) is 15.0 Å². The molecule has 2 rings (SSSR count). The Balaban J connectivity index is 2.50. The second-order valence-corrected chi connectivity index (χ2v) is 4.96. The molecule has 0 aliphatic rings. The Bertz CT molecular complexity index is 599. The zero-order chi connectivity index (χ0) is 14.0. The number of aromatic nitrogens is 3. The van der Waals surface area contributed by atoms with Crippen LogP contribution in [0.2, 0.25) is 5.28 Å². The van der Waals surface area contributed by atoms with Crippen LogP contribution in [0, 0.1) is 13.8 Å². The van der Waals surface area contributed by atoms with Crippen molar-refractivity contribution in [3.8, 4) is 17.4 Å². The van der Waals surface area contributed by atoms with Crippen LogP contribution in [0.4, 0.5) is 0 Å². The standard InChI is InChI=1S/C14H16ClN3O/c1-8(2)19-14-17-12(16-13(15)18-14)11-7-5-6-9(3)10(11)4/h5-8H,1-4H3. The molecule has 1 aromatic heterocycles. The van der Waals surface area contributed by atoms with Crippen molar-refractivity contribution < 1.29 is 4.74 Å². The Morgan fingerprint density at radius 2 is 1.84 bits per heavy atom. The van der Waals surface area contributed by atoms with Crippen LogP contribution in [-0.4, -0.2) is 21.1 Å². The van der Waals surface area contributed by atoms with Crippen LogP contribution in [-0.2, 0) is 0 Å². The number of ether oxygens (including phenoxy) is 1. The van der Waals surface area contributed by atoms with Crippen LogP contribution in [0.15, 0.2) is 18.2 Å². The lowest BCUT2D eigenvalue weighted by Crippen LogP contribution is -2.10. The molecule has 5 heteroatoms. The fraction of sp³-hybridized carbons (Fsp3) is 0.357. The van der Waals surface area contributed by atoms with Gasteiger partial charge in [0.05, 0.1) is 6.10 Å². The van der Waals surface area contributed by atoms with Crippen molar-refractivity contribution >= 4 is 11.6 Å². The maximum atomic E-state index is 5.93. The van der Waals surface area contributed by atoms with Gasteiger partial charge in [0.2, 0.25) is 5.28 Å². The second kappa shape index (κ2) is 5.53. The molecule has 1 aromatic carbocycles. The molecule has 0 saturated carbocycles. The summed E-state index contributed by atoms with van der Waals surface area (Å²) in [5.41, 5.74) is 3.25. The van der Waals surface area contributed by atoms with E-state index in [4.69, 9.17) is 16.3 Å². The fourth-order valence-electron chi connectivity index (χ4n) is 1.71. The molecule has 2 aromatic rings. The number of hydrogen-bond acceptors (Lipinski definition) is 4. The highest BCUT2D eigenvalue weighted by Crippen LogP contribution is 2.24. The first kappa shape index (κ1) is 13.7. The van der Waals surface area contributed by atoms with Gasteiger partial charge in [0.1, 0.15) is 0 Å². The van der Waals surface area contributed by atoms with Gasteiger partial charge in [-0.25, -0.2) is 0 Å². The van der Waals surface area contributed by atoms with E-state index in [1.807, 2.05) is 45.9 Å². The summed E-state index contributed by atoms with van der Waals surface area (Å²) in [6.45, 7) is 7.91. The molecular formula is C14H16ClN3O. The van der Waals surface area contributed by atoms with E-state index in [1.165, 1.54) is 5.56 Å². The lowest BCUT2D eigenvalue weighted by Gasteiger charge is -2.10. The Morgan fingerprint density at radius 1 is 1.11 bits per heavy atom.